The summed E-state index contributed by atoms with van der Waals surface area (Å²) in [5.41, 5.74) is 0. The lowest BCUT2D eigenvalue weighted by molar-refractivity contribution is 0.102. The predicted octanol–water partition coefficient (Wildman–Crippen LogP) is 2.72. The van der Waals surface area contributed by atoms with E-state index in [1.165, 1.54) is 45.1 Å². The normalized spacial score (nSPS) is 22.1. The summed E-state index contributed by atoms with van der Waals surface area (Å²) < 4.78 is 5.58. The smallest absolute Gasteiger partial charge is 0.0576 e. The zero-order valence-electron chi connectivity index (χ0n) is 9.72. The van der Waals surface area contributed by atoms with Crippen molar-refractivity contribution in [1.82, 2.24) is 5.32 Å². The van der Waals surface area contributed by atoms with Crippen LogP contribution in [0, 0.1) is 0 Å². The Morgan fingerprint density at radius 2 is 2.14 bits per heavy atom. The quantitative estimate of drug-likeness (QED) is 0.637. The molecule has 1 N–H and O–H groups in total. The molecule has 1 unspecified atom stereocenters. The fraction of sp³-hybridized carbons (Fsp3) is 1.00. The number of rotatable bonds is 7. The summed E-state index contributed by atoms with van der Waals surface area (Å²) in [7, 11) is 0. The van der Waals surface area contributed by atoms with Crippen molar-refractivity contribution in [2.24, 2.45) is 0 Å². The van der Waals surface area contributed by atoms with E-state index in [0.717, 1.165) is 6.61 Å². The average molecular weight is 199 g/mol. The Hall–Kier alpha value is -0.0800. The summed E-state index contributed by atoms with van der Waals surface area (Å²) >= 11 is 0. The van der Waals surface area contributed by atoms with E-state index < -0.39 is 0 Å². The van der Waals surface area contributed by atoms with Gasteiger partial charge in [0.1, 0.15) is 0 Å². The van der Waals surface area contributed by atoms with E-state index in [4.69, 9.17) is 4.74 Å². The van der Waals surface area contributed by atoms with Crippen LogP contribution >= 0.6 is 0 Å². The molecule has 0 aliphatic carbocycles. The minimum absolute atomic E-state index is 0.591. The number of ether oxygens (including phenoxy) is 1. The third kappa shape index (κ3) is 5.61. The number of hydrogen-bond acceptors (Lipinski definition) is 2. The van der Waals surface area contributed by atoms with Gasteiger partial charge in [0.05, 0.1) is 6.10 Å². The van der Waals surface area contributed by atoms with Gasteiger partial charge >= 0.3 is 0 Å². The van der Waals surface area contributed by atoms with Crippen LogP contribution in [0.5, 0.6) is 0 Å². The molecule has 1 rings (SSSR count). The lowest BCUT2D eigenvalue weighted by Crippen LogP contribution is -2.23. The summed E-state index contributed by atoms with van der Waals surface area (Å²) in [6.07, 6.45) is 8.44. The van der Waals surface area contributed by atoms with Gasteiger partial charge in [-0.3, -0.25) is 0 Å². The minimum Gasteiger partial charge on any atom is -0.378 e. The molecule has 0 aromatic heterocycles. The van der Waals surface area contributed by atoms with Gasteiger partial charge in [-0.15, -0.1) is 0 Å². The second-order valence-corrected chi connectivity index (χ2v) is 4.59. The minimum atomic E-state index is 0.591. The summed E-state index contributed by atoms with van der Waals surface area (Å²) in [4.78, 5) is 0. The molecule has 0 aromatic rings. The lowest BCUT2D eigenvalue weighted by Gasteiger charge is -2.10. The first-order valence-electron chi connectivity index (χ1n) is 6.14. The van der Waals surface area contributed by atoms with Crippen LogP contribution in [0.15, 0.2) is 0 Å². The molecule has 0 radical (unpaired) electrons. The molecule has 1 aliphatic heterocycles. The zero-order valence-corrected chi connectivity index (χ0v) is 9.72. The van der Waals surface area contributed by atoms with E-state index in [1.807, 2.05) is 0 Å². The van der Waals surface area contributed by atoms with Crippen LogP contribution < -0.4 is 5.32 Å². The summed E-state index contributed by atoms with van der Waals surface area (Å²) in [5, 5.41) is 3.44. The molecule has 1 fully saturated rings. The first-order chi connectivity index (χ1) is 6.79. The SMILES string of the molecule is CC(C)NCCCCCC1CCCO1. The first kappa shape index (κ1) is 12.0. The van der Waals surface area contributed by atoms with Crippen LogP contribution in [-0.2, 0) is 4.74 Å². The maximum Gasteiger partial charge on any atom is 0.0576 e. The molecular formula is C12H25NO. The maximum absolute atomic E-state index is 5.58. The standard InChI is InChI=1S/C12H25NO/c1-11(2)13-9-5-3-4-7-12-8-6-10-14-12/h11-13H,3-10H2,1-2H3. The van der Waals surface area contributed by atoms with Crippen molar-refractivity contribution in [2.75, 3.05) is 13.2 Å². The molecule has 0 bridgehead atoms. The van der Waals surface area contributed by atoms with Crippen molar-refractivity contribution in [3.8, 4) is 0 Å². The Balaban J connectivity index is 1.79. The molecule has 0 saturated carbocycles. The molecular weight excluding hydrogens is 174 g/mol. The van der Waals surface area contributed by atoms with E-state index in [9.17, 15) is 0 Å². The molecule has 14 heavy (non-hydrogen) atoms. The lowest BCUT2D eigenvalue weighted by atomic mass is 10.1. The molecule has 0 spiro atoms. The second-order valence-electron chi connectivity index (χ2n) is 4.59. The Morgan fingerprint density at radius 1 is 1.29 bits per heavy atom. The summed E-state index contributed by atoms with van der Waals surface area (Å²) in [5.74, 6) is 0. The molecule has 1 atom stereocenters. The Labute approximate surface area is 88.4 Å². The van der Waals surface area contributed by atoms with Gasteiger partial charge in [0, 0.05) is 12.6 Å². The molecule has 84 valence electrons. The van der Waals surface area contributed by atoms with Gasteiger partial charge < -0.3 is 10.1 Å². The zero-order chi connectivity index (χ0) is 10.2. The van der Waals surface area contributed by atoms with Crippen molar-refractivity contribution >= 4 is 0 Å². The van der Waals surface area contributed by atoms with Crippen molar-refractivity contribution < 1.29 is 4.74 Å². The Morgan fingerprint density at radius 3 is 2.79 bits per heavy atom. The van der Waals surface area contributed by atoms with E-state index in [2.05, 4.69) is 19.2 Å². The Kier molecular flexibility index (Phi) is 6.20. The Bertz CT molecular complexity index is 130. The van der Waals surface area contributed by atoms with E-state index in [1.54, 1.807) is 0 Å². The highest BCUT2D eigenvalue weighted by atomic mass is 16.5. The summed E-state index contributed by atoms with van der Waals surface area (Å²) in [6.45, 7) is 6.57. The van der Waals surface area contributed by atoms with Crippen molar-refractivity contribution in [3.63, 3.8) is 0 Å². The fourth-order valence-electron chi connectivity index (χ4n) is 1.94. The molecule has 1 heterocycles. The van der Waals surface area contributed by atoms with Gasteiger partial charge in [0.25, 0.3) is 0 Å². The highest BCUT2D eigenvalue weighted by molar-refractivity contribution is 4.64. The average Bonchev–Trinajstić information content (AvgIpc) is 2.63. The van der Waals surface area contributed by atoms with Gasteiger partial charge in [0.2, 0.25) is 0 Å². The third-order valence-corrected chi connectivity index (χ3v) is 2.78. The highest BCUT2D eigenvalue weighted by Gasteiger charge is 2.14. The van der Waals surface area contributed by atoms with Crippen LogP contribution in [0.4, 0.5) is 0 Å². The third-order valence-electron chi connectivity index (χ3n) is 2.78. The monoisotopic (exact) mass is 199 g/mol. The van der Waals surface area contributed by atoms with Crippen molar-refractivity contribution in [3.05, 3.63) is 0 Å². The largest absolute Gasteiger partial charge is 0.378 e. The van der Waals surface area contributed by atoms with Gasteiger partial charge in [-0.25, -0.2) is 0 Å². The molecule has 0 amide bonds. The van der Waals surface area contributed by atoms with E-state index in [0.29, 0.717) is 12.1 Å². The molecule has 2 nitrogen and oxygen atoms in total. The van der Waals surface area contributed by atoms with Crippen molar-refractivity contribution in [1.29, 1.82) is 0 Å². The van der Waals surface area contributed by atoms with Crippen LogP contribution in [0.2, 0.25) is 0 Å². The second kappa shape index (κ2) is 7.24. The molecule has 0 aromatic carbocycles. The summed E-state index contributed by atoms with van der Waals surface area (Å²) in [6, 6.07) is 0.633. The number of hydrogen-bond donors (Lipinski definition) is 1. The van der Waals surface area contributed by atoms with E-state index in [-0.39, 0.29) is 0 Å². The van der Waals surface area contributed by atoms with Crippen molar-refractivity contribution in [2.45, 2.75) is 64.5 Å². The number of nitrogens with one attached hydrogen (secondary N) is 1. The van der Waals surface area contributed by atoms with Crippen LogP contribution in [0.3, 0.4) is 0 Å². The fourth-order valence-corrected chi connectivity index (χ4v) is 1.94. The number of unbranched alkanes of at least 4 members (excludes halogenated alkanes) is 2. The van der Waals surface area contributed by atoms with Gasteiger partial charge in [-0.2, -0.15) is 0 Å². The van der Waals surface area contributed by atoms with Gasteiger partial charge in [-0.05, 0) is 32.2 Å². The molecule has 1 saturated heterocycles. The topological polar surface area (TPSA) is 21.3 Å². The van der Waals surface area contributed by atoms with E-state index >= 15 is 0 Å². The first-order valence-corrected chi connectivity index (χ1v) is 6.14. The molecule has 2 heteroatoms. The molecule has 1 aliphatic rings. The van der Waals surface area contributed by atoms with Crippen LogP contribution in [0.1, 0.15) is 52.4 Å². The predicted molar refractivity (Wildman–Crippen MR) is 60.6 cm³/mol. The van der Waals surface area contributed by atoms with Gasteiger partial charge in [-0.1, -0.05) is 26.7 Å². The highest BCUT2D eigenvalue weighted by Crippen LogP contribution is 2.17. The van der Waals surface area contributed by atoms with Gasteiger partial charge in [0.15, 0.2) is 0 Å². The maximum atomic E-state index is 5.58. The van der Waals surface area contributed by atoms with Crippen LogP contribution in [-0.4, -0.2) is 25.3 Å². The van der Waals surface area contributed by atoms with Crippen LogP contribution in [0.25, 0.3) is 0 Å².